The minimum absolute atomic E-state index is 0. The van der Waals surface area contributed by atoms with Crippen LogP contribution in [-0.4, -0.2) is 28.4 Å². The first kappa shape index (κ1) is 22.9. The van der Waals surface area contributed by atoms with Crippen molar-refractivity contribution in [3.05, 3.63) is 71.7 Å². The van der Waals surface area contributed by atoms with Crippen LogP contribution in [0.25, 0.3) is 10.9 Å². The van der Waals surface area contributed by atoms with Gasteiger partial charge in [0.2, 0.25) is 0 Å². The Balaban J connectivity index is 0.000000423. The number of hydrogen-bond donors (Lipinski definition) is 1. The lowest BCUT2D eigenvalue weighted by atomic mass is 10.1. The van der Waals surface area contributed by atoms with Crippen LogP contribution >= 0.6 is 0 Å². The number of fused-ring (bicyclic) bond motifs is 3. The van der Waals surface area contributed by atoms with Crippen molar-refractivity contribution in [2.75, 3.05) is 6.61 Å². The normalized spacial score (nSPS) is 11.9. The number of ether oxygens (including phenoxy) is 2. The standard InChI is InChI=1S/C21H19N3O.C4H9NO2.H2/c1-2-11-25-21-7-4-10-23-18(21)14-24-19-6-3-5-16(19)17-12-15(13-22)8-9-20(17)24;1-3(2)7-4(5)6;/h2,4,7-10,12H,1,3,5-6,11,14H2;3H,1-2H3,(H2,5,6);1H. The predicted molar refractivity (Wildman–Crippen MR) is 126 cm³/mol. The van der Waals surface area contributed by atoms with Crippen molar-refractivity contribution in [1.82, 2.24) is 9.55 Å². The summed E-state index contributed by atoms with van der Waals surface area (Å²) in [4.78, 5) is 14.3. The molecule has 0 spiro atoms. The first-order valence-corrected chi connectivity index (χ1v) is 10.6. The van der Waals surface area contributed by atoms with Gasteiger partial charge in [0.25, 0.3) is 0 Å². The van der Waals surface area contributed by atoms with Crippen molar-refractivity contribution in [2.45, 2.75) is 45.8 Å². The van der Waals surface area contributed by atoms with Crippen LogP contribution in [0.1, 0.15) is 44.2 Å². The van der Waals surface area contributed by atoms with Gasteiger partial charge in [-0.2, -0.15) is 5.26 Å². The molecule has 0 aliphatic heterocycles. The first-order chi connectivity index (χ1) is 15.4. The zero-order chi connectivity index (χ0) is 23.1. The number of rotatable bonds is 6. The van der Waals surface area contributed by atoms with Crippen molar-refractivity contribution in [3.63, 3.8) is 0 Å². The topological polar surface area (TPSA) is 103 Å². The number of pyridine rings is 1. The van der Waals surface area contributed by atoms with Gasteiger partial charge in [-0.05, 0) is 69.0 Å². The summed E-state index contributed by atoms with van der Waals surface area (Å²) in [5.41, 5.74) is 10.2. The average Bonchev–Trinajstić information content (AvgIpc) is 3.35. The lowest BCUT2D eigenvalue weighted by molar-refractivity contribution is 0.125. The lowest BCUT2D eigenvalue weighted by Gasteiger charge is -2.13. The van der Waals surface area contributed by atoms with E-state index in [2.05, 4.69) is 38.7 Å². The fourth-order valence-electron chi connectivity index (χ4n) is 3.93. The van der Waals surface area contributed by atoms with Crippen molar-refractivity contribution >= 4 is 17.0 Å². The maximum absolute atomic E-state index is 9.81. The maximum atomic E-state index is 9.81. The van der Waals surface area contributed by atoms with Crippen molar-refractivity contribution in [1.29, 1.82) is 5.26 Å². The molecule has 0 atom stereocenters. The van der Waals surface area contributed by atoms with Crippen molar-refractivity contribution in [2.24, 2.45) is 5.73 Å². The molecule has 3 aromatic rings. The fourth-order valence-corrected chi connectivity index (χ4v) is 3.93. The number of nitrogens with zero attached hydrogens (tertiary/aromatic N) is 3. The molecular weight excluding hydrogens is 404 g/mol. The van der Waals surface area contributed by atoms with Crippen LogP contribution in [0.3, 0.4) is 0 Å². The highest BCUT2D eigenvalue weighted by Gasteiger charge is 2.22. The quantitative estimate of drug-likeness (QED) is 0.564. The lowest BCUT2D eigenvalue weighted by Crippen LogP contribution is -2.17. The Morgan fingerprint density at radius 3 is 2.88 bits per heavy atom. The molecule has 2 N–H and O–H groups in total. The van der Waals surface area contributed by atoms with E-state index in [1.54, 1.807) is 26.1 Å². The number of carbonyl (C=O) groups excluding carboxylic acids is 1. The summed E-state index contributed by atoms with van der Waals surface area (Å²) in [6.45, 7) is 8.33. The number of primary amides is 1. The maximum Gasteiger partial charge on any atom is 0.404 e. The van der Waals surface area contributed by atoms with E-state index in [1.165, 1.54) is 28.6 Å². The van der Waals surface area contributed by atoms with E-state index in [1.807, 2.05) is 24.3 Å². The molecule has 7 heteroatoms. The molecule has 0 radical (unpaired) electrons. The van der Waals surface area contributed by atoms with Gasteiger partial charge < -0.3 is 19.8 Å². The van der Waals surface area contributed by atoms with Crippen LogP contribution < -0.4 is 10.5 Å². The first-order valence-electron chi connectivity index (χ1n) is 10.6. The number of nitriles is 1. The summed E-state index contributed by atoms with van der Waals surface area (Å²) >= 11 is 0. The van der Waals surface area contributed by atoms with Gasteiger partial charge in [0.1, 0.15) is 18.1 Å². The molecule has 0 fully saturated rings. The van der Waals surface area contributed by atoms with Gasteiger partial charge in [0.15, 0.2) is 0 Å². The van der Waals surface area contributed by atoms with Crippen LogP contribution in [0.5, 0.6) is 5.75 Å². The van der Waals surface area contributed by atoms with Gasteiger partial charge in [0, 0.05) is 24.2 Å². The Morgan fingerprint density at radius 1 is 1.41 bits per heavy atom. The highest BCUT2D eigenvalue weighted by molar-refractivity contribution is 5.87. The summed E-state index contributed by atoms with van der Waals surface area (Å²) in [5, 5.41) is 10.4. The number of hydrogen-bond acceptors (Lipinski definition) is 5. The Bertz CT molecular complexity index is 1160. The van der Waals surface area contributed by atoms with Crippen LogP contribution in [-0.2, 0) is 24.1 Å². The van der Waals surface area contributed by atoms with E-state index in [9.17, 15) is 10.1 Å². The smallest absolute Gasteiger partial charge is 0.404 e. The Labute approximate surface area is 189 Å². The minimum atomic E-state index is -0.713. The molecular formula is C25H30N4O3. The van der Waals surface area contributed by atoms with Gasteiger partial charge in [-0.1, -0.05) is 12.7 Å². The summed E-state index contributed by atoms with van der Waals surface area (Å²) < 4.78 is 12.5. The molecule has 168 valence electrons. The van der Waals surface area contributed by atoms with Crippen LogP contribution in [0.15, 0.2) is 49.2 Å². The molecule has 1 aliphatic rings. The molecule has 1 aliphatic carbocycles. The molecule has 32 heavy (non-hydrogen) atoms. The van der Waals surface area contributed by atoms with Crippen molar-refractivity contribution in [3.8, 4) is 11.8 Å². The van der Waals surface area contributed by atoms with E-state index < -0.39 is 6.09 Å². The van der Waals surface area contributed by atoms with Gasteiger partial charge in [-0.25, -0.2) is 4.79 Å². The number of benzene rings is 1. The molecule has 1 aromatic carbocycles. The zero-order valence-electron chi connectivity index (χ0n) is 18.5. The zero-order valence-corrected chi connectivity index (χ0v) is 18.5. The number of aryl methyl sites for hydroxylation is 1. The number of nitrogens with two attached hydrogens (primary N) is 1. The average molecular weight is 435 g/mol. The summed E-state index contributed by atoms with van der Waals surface area (Å²) in [6.07, 6.45) is 6.04. The molecule has 2 heterocycles. The molecule has 0 saturated heterocycles. The molecule has 1 amide bonds. The third-order valence-electron chi connectivity index (χ3n) is 5.12. The highest BCUT2D eigenvalue weighted by atomic mass is 16.6. The summed E-state index contributed by atoms with van der Waals surface area (Å²) in [5.74, 6) is 0.796. The van der Waals surface area contributed by atoms with Gasteiger partial charge in [0.05, 0.1) is 24.3 Å². The van der Waals surface area contributed by atoms with E-state index >= 15 is 0 Å². The molecule has 0 unspecified atom stereocenters. The third-order valence-corrected chi connectivity index (χ3v) is 5.12. The van der Waals surface area contributed by atoms with Crippen molar-refractivity contribution < 1.29 is 15.7 Å². The second kappa shape index (κ2) is 10.5. The SMILES string of the molecule is C=CCOc1cccnc1Cn1c2c(c3cc(C#N)ccc31)CCC2.CC(C)OC(N)=O.[HH]. The van der Waals surface area contributed by atoms with E-state index in [4.69, 9.17) is 4.74 Å². The highest BCUT2D eigenvalue weighted by Crippen LogP contribution is 2.34. The summed E-state index contributed by atoms with van der Waals surface area (Å²) in [6, 6.07) is 12.1. The number of carbonyl (C=O) groups is 1. The van der Waals surface area contributed by atoms with E-state index in [0.717, 1.165) is 24.3 Å². The van der Waals surface area contributed by atoms with Gasteiger partial charge >= 0.3 is 6.09 Å². The number of amides is 1. The van der Waals surface area contributed by atoms with Gasteiger partial charge in [-0.15, -0.1) is 0 Å². The molecule has 7 nitrogen and oxygen atoms in total. The Hall–Kier alpha value is -3.79. The summed E-state index contributed by atoms with van der Waals surface area (Å²) in [7, 11) is 0. The van der Waals surface area contributed by atoms with Crippen LogP contribution in [0.2, 0.25) is 0 Å². The largest absolute Gasteiger partial charge is 0.488 e. The fraction of sp³-hybridized carbons (Fsp3) is 0.320. The molecule has 0 bridgehead atoms. The second-order valence-corrected chi connectivity index (χ2v) is 7.74. The Morgan fingerprint density at radius 2 is 2.22 bits per heavy atom. The monoisotopic (exact) mass is 434 g/mol. The number of aromatic nitrogens is 2. The van der Waals surface area contributed by atoms with Crippen LogP contribution in [0.4, 0.5) is 4.79 Å². The molecule has 2 aromatic heterocycles. The minimum Gasteiger partial charge on any atom is -0.488 e. The third kappa shape index (κ3) is 5.27. The Kier molecular flexibility index (Phi) is 7.50. The van der Waals surface area contributed by atoms with E-state index in [0.29, 0.717) is 18.7 Å². The van der Waals surface area contributed by atoms with Gasteiger partial charge in [-0.3, -0.25) is 4.98 Å². The predicted octanol–water partition coefficient (Wildman–Crippen LogP) is 4.75. The van der Waals surface area contributed by atoms with Crippen LogP contribution in [0, 0.1) is 11.3 Å². The molecule has 4 rings (SSSR count). The molecule has 0 saturated carbocycles. The van der Waals surface area contributed by atoms with E-state index in [-0.39, 0.29) is 7.53 Å². The second-order valence-electron chi connectivity index (χ2n) is 7.74.